The van der Waals surface area contributed by atoms with Crippen LogP contribution in [-0.2, 0) is 22.3 Å². The number of aromatic nitrogens is 1. The van der Waals surface area contributed by atoms with Crippen molar-refractivity contribution >= 4 is 38.6 Å². The van der Waals surface area contributed by atoms with Crippen LogP contribution in [0.1, 0.15) is 26.5 Å². The Bertz CT molecular complexity index is 1020. The number of sulfonamides is 1. The van der Waals surface area contributed by atoms with Gasteiger partial charge in [0, 0.05) is 17.5 Å². The average Bonchev–Trinajstić information content (AvgIpc) is 3.30. The van der Waals surface area contributed by atoms with Crippen LogP contribution in [0, 0.1) is 6.92 Å². The van der Waals surface area contributed by atoms with E-state index in [2.05, 4.69) is 15.0 Å². The standard InChI is InChI=1S/C18H19N3O3S3/c1-12-16(26-18(21-12)15-7-8-25-10-15)17(22)20-9-13-3-5-14(6-4-13)11-27(23,24)19-2/h3-8,10,19H,9,11H2,1-2H3,(H,20,22). The quantitative estimate of drug-likeness (QED) is 0.613. The minimum absolute atomic E-state index is 0.0679. The van der Waals surface area contributed by atoms with Crippen molar-refractivity contribution in [1.82, 2.24) is 15.0 Å². The molecule has 2 N–H and O–H groups in total. The Hall–Kier alpha value is -2.07. The molecule has 0 aliphatic rings. The van der Waals surface area contributed by atoms with Gasteiger partial charge in [-0.25, -0.2) is 18.1 Å². The molecule has 3 rings (SSSR count). The fourth-order valence-corrected chi connectivity index (χ4v) is 4.89. The second-order valence-electron chi connectivity index (χ2n) is 5.91. The van der Waals surface area contributed by atoms with E-state index in [1.165, 1.54) is 18.4 Å². The third kappa shape index (κ3) is 5.01. The van der Waals surface area contributed by atoms with Crippen LogP contribution >= 0.6 is 22.7 Å². The molecular weight excluding hydrogens is 402 g/mol. The molecule has 2 heterocycles. The molecule has 0 atom stereocenters. The lowest BCUT2D eigenvalue weighted by Crippen LogP contribution is -2.22. The number of thiophene rings is 1. The van der Waals surface area contributed by atoms with Crippen molar-refractivity contribution in [2.75, 3.05) is 7.05 Å². The zero-order valence-electron chi connectivity index (χ0n) is 14.9. The number of nitrogens with zero attached hydrogens (tertiary/aromatic N) is 1. The molecule has 27 heavy (non-hydrogen) atoms. The number of rotatable bonds is 7. The van der Waals surface area contributed by atoms with Gasteiger partial charge in [-0.05, 0) is 36.5 Å². The number of carbonyl (C=O) groups is 1. The van der Waals surface area contributed by atoms with E-state index in [-0.39, 0.29) is 11.7 Å². The number of amides is 1. The van der Waals surface area contributed by atoms with Gasteiger partial charge in [0.25, 0.3) is 5.91 Å². The lowest BCUT2D eigenvalue weighted by molar-refractivity contribution is 0.0954. The predicted octanol–water partition coefficient (Wildman–Crippen LogP) is 3.16. The van der Waals surface area contributed by atoms with Gasteiger partial charge in [0.1, 0.15) is 9.88 Å². The Morgan fingerprint density at radius 3 is 2.48 bits per heavy atom. The maximum absolute atomic E-state index is 12.5. The molecule has 1 amide bonds. The third-order valence-electron chi connectivity index (χ3n) is 3.91. The van der Waals surface area contributed by atoms with Crippen LogP contribution in [0.4, 0.5) is 0 Å². The van der Waals surface area contributed by atoms with E-state index in [1.807, 2.05) is 35.9 Å². The molecule has 0 radical (unpaired) electrons. The fraction of sp³-hybridized carbons (Fsp3) is 0.222. The van der Waals surface area contributed by atoms with Crippen molar-refractivity contribution in [2.24, 2.45) is 0 Å². The number of carbonyl (C=O) groups excluding carboxylic acids is 1. The molecular formula is C18H19N3O3S3. The molecule has 2 aromatic heterocycles. The number of hydrogen-bond donors (Lipinski definition) is 2. The summed E-state index contributed by atoms with van der Waals surface area (Å²) in [7, 11) is -1.90. The lowest BCUT2D eigenvalue weighted by Gasteiger charge is -2.06. The number of thiazole rings is 1. The first kappa shape index (κ1) is 19.7. The lowest BCUT2D eigenvalue weighted by atomic mass is 10.1. The van der Waals surface area contributed by atoms with E-state index >= 15 is 0 Å². The van der Waals surface area contributed by atoms with Crippen molar-refractivity contribution in [3.05, 3.63) is 62.8 Å². The molecule has 142 valence electrons. The molecule has 0 bridgehead atoms. The Kier molecular flexibility index (Phi) is 6.05. The van der Waals surface area contributed by atoms with Crippen molar-refractivity contribution < 1.29 is 13.2 Å². The molecule has 0 saturated carbocycles. The van der Waals surface area contributed by atoms with Crippen LogP contribution in [0.25, 0.3) is 10.6 Å². The van der Waals surface area contributed by atoms with Crippen molar-refractivity contribution in [2.45, 2.75) is 19.2 Å². The number of hydrogen-bond acceptors (Lipinski definition) is 6. The van der Waals surface area contributed by atoms with Gasteiger partial charge in [-0.1, -0.05) is 24.3 Å². The van der Waals surface area contributed by atoms with Crippen LogP contribution in [0.3, 0.4) is 0 Å². The second-order valence-corrected chi connectivity index (χ2v) is 9.61. The maximum Gasteiger partial charge on any atom is 0.263 e. The van der Waals surface area contributed by atoms with Crippen molar-refractivity contribution in [3.8, 4) is 10.6 Å². The first-order valence-corrected chi connectivity index (χ1v) is 11.6. The summed E-state index contributed by atoms with van der Waals surface area (Å²) in [5.74, 6) is -0.227. The Morgan fingerprint density at radius 2 is 1.85 bits per heavy atom. The fourth-order valence-electron chi connectivity index (χ4n) is 2.42. The van der Waals surface area contributed by atoms with Gasteiger partial charge in [0.05, 0.1) is 11.4 Å². The topological polar surface area (TPSA) is 88.2 Å². The maximum atomic E-state index is 12.5. The minimum Gasteiger partial charge on any atom is -0.347 e. The summed E-state index contributed by atoms with van der Waals surface area (Å²) >= 11 is 2.98. The molecule has 0 aliphatic carbocycles. The Morgan fingerprint density at radius 1 is 1.15 bits per heavy atom. The van der Waals surface area contributed by atoms with Gasteiger partial charge in [-0.15, -0.1) is 11.3 Å². The summed E-state index contributed by atoms with van der Waals surface area (Å²) in [4.78, 5) is 17.6. The van der Waals surface area contributed by atoms with Gasteiger partial charge >= 0.3 is 0 Å². The van der Waals surface area contributed by atoms with E-state index in [9.17, 15) is 13.2 Å². The van der Waals surface area contributed by atoms with Crippen LogP contribution in [0.15, 0.2) is 41.1 Å². The molecule has 6 nitrogen and oxygen atoms in total. The average molecular weight is 422 g/mol. The van der Waals surface area contributed by atoms with Crippen LogP contribution < -0.4 is 10.0 Å². The van der Waals surface area contributed by atoms with E-state index in [0.717, 1.165) is 16.1 Å². The predicted molar refractivity (Wildman–Crippen MR) is 109 cm³/mol. The molecule has 3 aromatic rings. The first-order valence-electron chi connectivity index (χ1n) is 8.15. The van der Waals surface area contributed by atoms with Gasteiger partial charge < -0.3 is 5.32 Å². The smallest absolute Gasteiger partial charge is 0.263 e. The summed E-state index contributed by atoms with van der Waals surface area (Å²) in [5, 5.41) is 7.73. The SMILES string of the molecule is CNS(=O)(=O)Cc1ccc(CNC(=O)c2sc(-c3ccsc3)nc2C)cc1. The van der Waals surface area contributed by atoms with Crippen LogP contribution in [-0.4, -0.2) is 26.4 Å². The molecule has 1 aromatic carbocycles. The van der Waals surface area contributed by atoms with Gasteiger partial charge in [0.15, 0.2) is 0 Å². The van der Waals surface area contributed by atoms with Crippen LogP contribution in [0.5, 0.6) is 0 Å². The van der Waals surface area contributed by atoms with E-state index in [1.54, 1.807) is 23.5 Å². The third-order valence-corrected chi connectivity index (χ3v) is 7.14. The summed E-state index contributed by atoms with van der Waals surface area (Å²) in [6, 6.07) is 9.13. The molecule has 0 unspecified atom stereocenters. The monoisotopic (exact) mass is 421 g/mol. The zero-order chi connectivity index (χ0) is 19.4. The van der Waals surface area contributed by atoms with Gasteiger partial charge in [-0.2, -0.15) is 11.3 Å². The zero-order valence-corrected chi connectivity index (χ0v) is 17.3. The van der Waals surface area contributed by atoms with Crippen molar-refractivity contribution in [3.63, 3.8) is 0 Å². The van der Waals surface area contributed by atoms with E-state index in [0.29, 0.717) is 22.7 Å². The largest absolute Gasteiger partial charge is 0.347 e. The summed E-state index contributed by atoms with van der Waals surface area (Å²) in [6.45, 7) is 2.20. The highest BCUT2D eigenvalue weighted by molar-refractivity contribution is 7.88. The van der Waals surface area contributed by atoms with Gasteiger partial charge in [-0.3, -0.25) is 4.79 Å². The summed E-state index contributed by atoms with van der Waals surface area (Å²) in [6.07, 6.45) is 0. The highest BCUT2D eigenvalue weighted by Crippen LogP contribution is 2.29. The highest BCUT2D eigenvalue weighted by Gasteiger charge is 2.16. The van der Waals surface area contributed by atoms with Crippen molar-refractivity contribution in [1.29, 1.82) is 0 Å². The summed E-state index contributed by atoms with van der Waals surface area (Å²) < 4.78 is 25.4. The van der Waals surface area contributed by atoms with E-state index < -0.39 is 10.0 Å². The molecule has 0 aliphatic heterocycles. The Labute approximate surface area is 166 Å². The second kappa shape index (κ2) is 8.30. The summed E-state index contributed by atoms with van der Waals surface area (Å²) in [5.41, 5.74) is 3.33. The Balaban J connectivity index is 1.62. The molecule has 0 spiro atoms. The van der Waals surface area contributed by atoms with Gasteiger partial charge in [0.2, 0.25) is 10.0 Å². The number of benzene rings is 1. The molecule has 9 heteroatoms. The molecule has 0 fully saturated rings. The number of nitrogens with one attached hydrogen (secondary N) is 2. The normalized spacial score (nSPS) is 11.5. The van der Waals surface area contributed by atoms with E-state index in [4.69, 9.17) is 0 Å². The first-order chi connectivity index (χ1) is 12.9. The minimum atomic E-state index is -3.29. The number of aryl methyl sites for hydroxylation is 1. The highest BCUT2D eigenvalue weighted by atomic mass is 32.2. The molecule has 0 saturated heterocycles. The van der Waals surface area contributed by atoms with Crippen LogP contribution in [0.2, 0.25) is 0 Å².